The minimum atomic E-state index is 1.09. The molecule has 1 aromatic heterocycles. The van der Waals surface area contributed by atoms with E-state index >= 15 is 0 Å². The van der Waals surface area contributed by atoms with Gasteiger partial charge in [0, 0.05) is 17.5 Å². The summed E-state index contributed by atoms with van der Waals surface area (Å²) in [6, 6.07) is 22.4. The highest BCUT2D eigenvalue weighted by molar-refractivity contribution is 5.70. The van der Waals surface area contributed by atoms with Crippen LogP contribution in [0.3, 0.4) is 0 Å². The number of nitrogens with zero attached hydrogens (tertiary/aromatic N) is 1. The van der Waals surface area contributed by atoms with Gasteiger partial charge in [-0.1, -0.05) is 107 Å². The van der Waals surface area contributed by atoms with E-state index < -0.39 is 0 Å². The molecule has 0 radical (unpaired) electrons. The molecule has 30 heavy (non-hydrogen) atoms. The van der Waals surface area contributed by atoms with Crippen LogP contribution in [0, 0.1) is 0 Å². The lowest BCUT2D eigenvalue weighted by molar-refractivity contribution is 0.632. The zero-order valence-corrected chi connectivity index (χ0v) is 18.9. The third-order valence-corrected chi connectivity index (χ3v) is 5.94. The molecule has 0 N–H and O–H groups in total. The van der Waals surface area contributed by atoms with Crippen LogP contribution in [0.15, 0.2) is 66.9 Å². The zero-order valence-electron chi connectivity index (χ0n) is 18.9. The average molecular weight is 400 g/mol. The third-order valence-electron chi connectivity index (χ3n) is 5.94. The second-order valence-corrected chi connectivity index (χ2v) is 8.43. The van der Waals surface area contributed by atoms with Gasteiger partial charge in [0.2, 0.25) is 0 Å². The second kappa shape index (κ2) is 12.3. The molecule has 0 aliphatic carbocycles. The van der Waals surface area contributed by atoms with Crippen LogP contribution in [-0.2, 0) is 12.8 Å². The largest absolute Gasteiger partial charge is 0.261 e. The van der Waals surface area contributed by atoms with Gasteiger partial charge in [-0.05, 0) is 54.0 Å². The molecule has 0 spiro atoms. The quantitative estimate of drug-likeness (QED) is 0.278. The average Bonchev–Trinajstić information content (AvgIpc) is 2.80. The molecule has 1 heterocycles. The first-order chi connectivity index (χ1) is 14.8. The fourth-order valence-corrected chi connectivity index (χ4v) is 3.95. The Morgan fingerprint density at radius 1 is 0.500 bits per heavy atom. The minimum absolute atomic E-state index is 1.09. The highest BCUT2D eigenvalue weighted by atomic mass is 14.7. The van der Waals surface area contributed by atoms with Crippen LogP contribution in [0.2, 0.25) is 0 Å². The number of benzene rings is 2. The molecule has 1 heteroatoms. The molecular weight excluding hydrogens is 362 g/mol. The van der Waals surface area contributed by atoms with Crippen molar-refractivity contribution in [1.82, 2.24) is 4.98 Å². The van der Waals surface area contributed by atoms with Crippen LogP contribution in [0.5, 0.6) is 0 Å². The Labute approximate surface area is 183 Å². The van der Waals surface area contributed by atoms with Gasteiger partial charge in [-0.25, -0.2) is 0 Å². The normalized spacial score (nSPS) is 11.0. The van der Waals surface area contributed by atoms with E-state index in [0.717, 1.165) is 6.42 Å². The van der Waals surface area contributed by atoms with Gasteiger partial charge in [-0.15, -0.1) is 0 Å². The van der Waals surface area contributed by atoms with Crippen molar-refractivity contribution in [3.63, 3.8) is 0 Å². The van der Waals surface area contributed by atoms with E-state index in [2.05, 4.69) is 79.5 Å². The SMILES string of the molecule is CCCCCCCc1ccc(-c2ccc(-c3ccc(CCCCC)nc3)cc2)cc1. The van der Waals surface area contributed by atoms with Crippen molar-refractivity contribution in [1.29, 1.82) is 0 Å². The van der Waals surface area contributed by atoms with Crippen LogP contribution < -0.4 is 0 Å². The fourth-order valence-electron chi connectivity index (χ4n) is 3.95. The Kier molecular flexibility index (Phi) is 9.15. The number of rotatable bonds is 12. The van der Waals surface area contributed by atoms with Crippen molar-refractivity contribution in [3.05, 3.63) is 78.1 Å². The van der Waals surface area contributed by atoms with Crippen LogP contribution in [0.4, 0.5) is 0 Å². The summed E-state index contributed by atoms with van der Waals surface area (Å²) in [5, 5.41) is 0. The van der Waals surface area contributed by atoms with E-state index in [0.29, 0.717) is 0 Å². The standard InChI is InChI=1S/C29H37N/c1-3-5-7-8-10-11-24-13-15-25(16-14-24)26-17-19-27(20-18-26)28-21-22-29(30-23-28)12-9-6-4-2/h13-23H,3-12H2,1-2H3. The topological polar surface area (TPSA) is 12.9 Å². The predicted octanol–water partition coefficient (Wildman–Crippen LogP) is 8.66. The second-order valence-electron chi connectivity index (χ2n) is 8.43. The van der Waals surface area contributed by atoms with E-state index in [1.54, 1.807) is 0 Å². The minimum Gasteiger partial charge on any atom is -0.261 e. The monoisotopic (exact) mass is 399 g/mol. The number of hydrogen-bond acceptors (Lipinski definition) is 1. The smallest absolute Gasteiger partial charge is 0.0404 e. The lowest BCUT2D eigenvalue weighted by atomic mass is 9.99. The molecule has 3 rings (SSSR count). The molecule has 1 nitrogen and oxygen atoms in total. The van der Waals surface area contributed by atoms with Crippen LogP contribution in [-0.4, -0.2) is 4.98 Å². The van der Waals surface area contributed by atoms with Gasteiger partial charge in [0.15, 0.2) is 0 Å². The Hall–Kier alpha value is -2.41. The molecule has 0 atom stereocenters. The van der Waals surface area contributed by atoms with Crippen molar-refractivity contribution in [2.75, 3.05) is 0 Å². The van der Waals surface area contributed by atoms with Gasteiger partial charge in [-0.2, -0.15) is 0 Å². The van der Waals surface area contributed by atoms with Gasteiger partial charge in [0.25, 0.3) is 0 Å². The predicted molar refractivity (Wildman–Crippen MR) is 131 cm³/mol. The van der Waals surface area contributed by atoms with Crippen molar-refractivity contribution >= 4 is 0 Å². The molecule has 3 aromatic rings. The van der Waals surface area contributed by atoms with Gasteiger partial charge in [-0.3, -0.25) is 4.98 Å². The molecular formula is C29H37N. The molecule has 0 aliphatic rings. The van der Waals surface area contributed by atoms with E-state index in [9.17, 15) is 0 Å². The fraction of sp³-hybridized carbons (Fsp3) is 0.414. The highest BCUT2D eigenvalue weighted by Crippen LogP contribution is 2.25. The maximum absolute atomic E-state index is 4.66. The van der Waals surface area contributed by atoms with Gasteiger partial charge in [0.05, 0.1) is 0 Å². The summed E-state index contributed by atoms with van der Waals surface area (Å²) in [5.41, 5.74) is 7.65. The number of aryl methyl sites for hydroxylation is 2. The summed E-state index contributed by atoms with van der Waals surface area (Å²) < 4.78 is 0. The van der Waals surface area contributed by atoms with E-state index in [-0.39, 0.29) is 0 Å². The number of aromatic nitrogens is 1. The molecule has 0 fully saturated rings. The van der Waals surface area contributed by atoms with Crippen molar-refractivity contribution < 1.29 is 0 Å². The van der Waals surface area contributed by atoms with Gasteiger partial charge < -0.3 is 0 Å². The third kappa shape index (κ3) is 6.83. The van der Waals surface area contributed by atoms with Crippen LogP contribution in [0.1, 0.15) is 76.5 Å². The Bertz CT molecular complexity index is 844. The summed E-state index contributed by atoms with van der Waals surface area (Å²) >= 11 is 0. The first kappa shape index (κ1) is 22.3. The van der Waals surface area contributed by atoms with E-state index in [1.807, 2.05) is 6.20 Å². The lowest BCUT2D eigenvalue weighted by Crippen LogP contribution is -1.90. The maximum atomic E-state index is 4.66. The number of pyridine rings is 1. The van der Waals surface area contributed by atoms with E-state index in [1.165, 1.54) is 91.3 Å². The van der Waals surface area contributed by atoms with Crippen molar-refractivity contribution in [2.24, 2.45) is 0 Å². The van der Waals surface area contributed by atoms with Crippen LogP contribution >= 0.6 is 0 Å². The Morgan fingerprint density at radius 3 is 1.60 bits per heavy atom. The van der Waals surface area contributed by atoms with Crippen molar-refractivity contribution in [2.45, 2.75) is 78.1 Å². The highest BCUT2D eigenvalue weighted by Gasteiger charge is 2.03. The zero-order chi connectivity index (χ0) is 21.0. The molecule has 0 saturated carbocycles. The molecule has 158 valence electrons. The molecule has 0 bridgehead atoms. The summed E-state index contributed by atoms with van der Waals surface area (Å²) in [4.78, 5) is 4.66. The molecule has 0 aliphatic heterocycles. The summed E-state index contributed by atoms with van der Waals surface area (Å²) in [6.45, 7) is 4.51. The molecule has 2 aromatic carbocycles. The molecule has 0 amide bonds. The maximum Gasteiger partial charge on any atom is 0.0404 e. The van der Waals surface area contributed by atoms with Gasteiger partial charge in [0.1, 0.15) is 0 Å². The van der Waals surface area contributed by atoms with Crippen molar-refractivity contribution in [3.8, 4) is 22.3 Å². The Balaban J connectivity index is 1.56. The van der Waals surface area contributed by atoms with E-state index in [4.69, 9.17) is 0 Å². The molecule has 0 unspecified atom stereocenters. The summed E-state index contributed by atoms with van der Waals surface area (Å²) in [6.07, 6.45) is 14.8. The summed E-state index contributed by atoms with van der Waals surface area (Å²) in [7, 11) is 0. The first-order valence-electron chi connectivity index (χ1n) is 11.9. The Morgan fingerprint density at radius 2 is 1.00 bits per heavy atom. The first-order valence-corrected chi connectivity index (χ1v) is 11.9. The van der Waals surface area contributed by atoms with Crippen LogP contribution in [0.25, 0.3) is 22.3 Å². The number of unbranched alkanes of at least 4 members (excludes halogenated alkanes) is 6. The number of hydrogen-bond donors (Lipinski definition) is 0. The summed E-state index contributed by atoms with van der Waals surface area (Å²) in [5.74, 6) is 0. The lowest BCUT2D eigenvalue weighted by Gasteiger charge is -2.07. The molecule has 0 saturated heterocycles. The van der Waals surface area contributed by atoms with Gasteiger partial charge >= 0.3 is 0 Å².